The molecule has 1 fully saturated rings. The van der Waals surface area contributed by atoms with E-state index in [-0.39, 0.29) is 0 Å². The van der Waals surface area contributed by atoms with Gasteiger partial charge in [0.25, 0.3) is 0 Å². The molecular weight excluding hydrogens is 194 g/mol. The summed E-state index contributed by atoms with van der Waals surface area (Å²) in [6, 6.07) is 2.15. The van der Waals surface area contributed by atoms with Gasteiger partial charge in [0.05, 0.1) is 25.3 Å². The number of hydrogen-bond acceptors (Lipinski definition) is 5. The summed E-state index contributed by atoms with van der Waals surface area (Å²) >= 11 is 0. The molecule has 0 saturated carbocycles. The number of rotatable bonds is 5. The summed E-state index contributed by atoms with van der Waals surface area (Å²) in [6.45, 7) is 5.21. The lowest BCUT2D eigenvalue weighted by molar-refractivity contribution is 0.0253. The predicted molar refractivity (Wildman–Crippen MR) is 56.4 cm³/mol. The average Bonchev–Trinajstić information content (AvgIpc) is 2.22. The molecule has 0 aromatic carbocycles. The van der Waals surface area contributed by atoms with E-state index >= 15 is 0 Å². The van der Waals surface area contributed by atoms with Crippen LogP contribution in [0.3, 0.4) is 0 Å². The van der Waals surface area contributed by atoms with Gasteiger partial charge in [0.2, 0.25) is 0 Å². The fourth-order valence-corrected chi connectivity index (χ4v) is 1.77. The minimum atomic E-state index is -0.405. The highest BCUT2D eigenvalue weighted by Gasteiger charge is 2.18. The molecule has 0 aromatic heterocycles. The van der Waals surface area contributed by atoms with Crippen LogP contribution in [0.5, 0.6) is 0 Å². The van der Waals surface area contributed by atoms with Crippen LogP contribution in [0.1, 0.15) is 0 Å². The first-order valence-corrected chi connectivity index (χ1v) is 5.25. The quantitative estimate of drug-likeness (QED) is 0.602. The molecule has 0 amide bonds. The van der Waals surface area contributed by atoms with E-state index in [1.807, 2.05) is 0 Å². The van der Waals surface area contributed by atoms with E-state index in [1.54, 1.807) is 7.11 Å². The van der Waals surface area contributed by atoms with E-state index in [0.717, 1.165) is 26.2 Å². The largest absolute Gasteiger partial charge is 0.389 e. The van der Waals surface area contributed by atoms with Gasteiger partial charge in [-0.2, -0.15) is 5.26 Å². The maximum atomic E-state index is 9.54. The fraction of sp³-hybridized carbons (Fsp3) is 0.900. The van der Waals surface area contributed by atoms with Gasteiger partial charge in [-0.15, -0.1) is 0 Å². The molecule has 1 aliphatic heterocycles. The van der Waals surface area contributed by atoms with Crippen LogP contribution in [-0.2, 0) is 4.74 Å². The lowest BCUT2D eigenvalue weighted by atomic mass is 10.2. The lowest BCUT2D eigenvalue weighted by Gasteiger charge is -2.34. The number of ether oxygens (including phenoxy) is 1. The molecular formula is C10H19N3O2. The number of nitriles is 1. The van der Waals surface area contributed by atoms with Crippen molar-refractivity contribution in [2.75, 3.05) is 53.0 Å². The lowest BCUT2D eigenvalue weighted by Crippen LogP contribution is -2.49. The van der Waals surface area contributed by atoms with Crippen LogP contribution in [0.4, 0.5) is 0 Å². The second-order valence-electron chi connectivity index (χ2n) is 3.84. The molecule has 1 saturated heterocycles. The van der Waals surface area contributed by atoms with E-state index in [9.17, 15) is 5.11 Å². The average molecular weight is 213 g/mol. The van der Waals surface area contributed by atoms with Gasteiger partial charge in [-0.1, -0.05) is 0 Å². The second-order valence-corrected chi connectivity index (χ2v) is 3.84. The van der Waals surface area contributed by atoms with Crippen LogP contribution < -0.4 is 0 Å². The third-order valence-electron chi connectivity index (χ3n) is 2.59. The van der Waals surface area contributed by atoms with E-state index in [2.05, 4.69) is 15.9 Å². The van der Waals surface area contributed by atoms with E-state index in [1.165, 1.54) is 0 Å². The number of piperazine rings is 1. The van der Waals surface area contributed by atoms with Crippen LogP contribution in [0.15, 0.2) is 0 Å². The molecule has 1 N–H and O–H groups in total. The number of nitrogens with zero attached hydrogens (tertiary/aromatic N) is 3. The van der Waals surface area contributed by atoms with Crippen molar-refractivity contribution < 1.29 is 9.84 Å². The van der Waals surface area contributed by atoms with Gasteiger partial charge in [-0.3, -0.25) is 9.80 Å². The highest BCUT2D eigenvalue weighted by atomic mass is 16.5. The van der Waals surface area contributed by atoms with Gasteiger partial charge in [-0.05, 0) is 0 Å². The van der Waals surface area contributed by atoms with Crippen molar-refractivity contribution in [3.05, 3.63) is 0 Å². The third-order valence-corrected chi connectivity index (χ3v) is 2.59. The van der Waals surface area contributed by atoms with Crippen LogP contribution in [0.25, 0.3) is 0 Å². The molecule has 1 aliphatic rings. The molecule has 5 nitrogen and oxygen atoms in total. The van der Waals surface area contributed by atoms with Gasteiger partial charge in [0.15, 0.2) is 0 Å². The Morgan fingerprint density at radius 1 is 1.33 bits per heavy atom. The van der Waals surface area contributed by atoms with Crippen molar-refractivity contribution in [2.24, 2.45) is 0 Å². The highest BCUT2D eigenvalue weighted by molar-refractivity contribution is 4.81. The molecule has 0 aromatic rings. The first kappa shape index (κ1) is 12.4. The highest BCUT2D eigenvalue weighted by Crippen LogP contribution is 2.02. The van der Waals surface area contributed by atoms with Gasteiger partial charge in [0, 0.05) is 39.8 Å². The van der Waals surface area contributed by atoms with Crippen molar-refractivity contribution in [3.8, 4) is 6.07 Å². The predicted octanol–water partition coefficient (Wildman–Crippen LogP) is -0.865. The molecule has 86 valence electrons. The summed E-state index contributed by atoms with van der Waals surface area (Å²) in [5.41, 5.74) is 0. The molecule has 1 unspecified atom stereocenters. The van der Waals surface area contributed by atoms with Gasteiger partial charge in [-0.25, -0.2) is 0 Å². The Kier molecular flexibility index (Phi) is 5.58. The summed E-state index contributed by atoms with van der Waals surface area (Å²) in [7, 11) is 1.59. The monoisotopic (exact) mass is 213 g/mol. The van der Waals surface area contributed by atoms with Crippen molar-refractivity contribution in [2.45, 2.75) is 6.10 Å². The van der Waals surface area contributed by atoms with Crippen molar-refractivity contribution >= 4 is 0 Å². The Labute approximate surface area is 90.8 Å². The van der Waals surface area contributed by atoms with Gasteiger partial charge >= 0.3 is 0 Å². The normalized spacial score (nSPS) is 21.1. The zero-order valence-corrected chi connectivity index (χ0v) is 9.22. The molecule has 0 spiro atoms. The van der Waals surface area contributed by atoms with Crippen molar-refractivity contribution in [3.63, 3.8) is 0 Å². The Hall–Kier alpha value is -0.670. The zero-order valence-electron chi connectivity index (χ0n) is 9.22. The van der Waals surface area contributed by atoms with Crippen LogP contribution in [0.2, 0.25) is 0 Å². The van der Waals surface area contributed by atoms with Crippen LogP contribution in [0, 0.1) is 11.3 Å². The SMILES string of the molecule is COCC(O)CN1CCN(CC#N)CC1. The van der Waals surface area contributed by atoms with Crippen molar-refractivity contribution in [1.29, 1.82) is 5.26 Å². The minimum absolute atomic E-state index is 0.387. The molecule has 5 heteroatoms. The van der Waals surface area contributed by atoms with Gasteiger partial charge < -0.3 is 9.84 Å². The van der Waals surface area contributed by atoms with Crippen molar-refractivity contribution in [1.82, 2.24) is 9.80 Å². The number of β-amino-alcohol motifs (C(OH)–C–C–N with tert-alkyl or cyclic N) is 1. The van der Waals surface area contributed by atoms with E-state index in [0.29, 0.717) is 19.7 Å². The molecule has 0 radical (unpaired) electrons. The maximum Gasteiger partial charge on any atom is 0.0900 e. The first-order valence-electron chi connectivity index (χ1n) is 5.25. The molecule has 15 heavy (non-hydrogen) atoms. The Morgan fingerprint density at radius 2 is 1.93 bits per heavy atom. The van der Waals surface area contributed by atoms with Gasteiger partial charge in [0.1, 0.15) is 0 Å². The summed E-state index contributed by atoms with van der Waals surface area (Å²) < 4.78 is 4.87. The standard InChI is InChI=1S/C10H19N3O2/c1-15-9-10(14)8-13-6-4-12(3-2-11)5-7-13/h10,14H,3-9H2,1H3. The summed E-state index contributed by atoms with van der Waals surface area (Å²) in [5.74, 6) is 0. The summed E-state index contributed by atoms with van der Waals surface area (Å²) in [5, 5.41) is 18.1. The maximum absolute atomic E-state index is 9.54. The molecule has 1 heterocycles. The number of hydrogen-bond donors (Lipinski definition) is 1. The summed E-state index contributed by atoms with van der Waals surface area (Å²) in [6.07, 6.45) is -0.405. The topological polar surface area (TPSA) is 59.7 Å². The zero-order chi connectivity index (χ0) is 11.1. The minimum Gasteiger partial charge on any atom is -0.389 e. The fourth-order valence-electron chi connectivity index (χ4n) is 1.77. The van der Waals surface area contributed by atoms with E-state index in [4.69, 9.17) is 10.00 Å². The first-order chi connectivity index (χ1) is 7.26. The van der Waals surface area contributed by atoms with Crippen LogP contribution in [-0.4, -0.2) is 74.0 Å². The Balaban J connectivity index is 2.17. The molecule has 0 bridgehead atoms. The third kappa shape index (κ3) is 4.58. The number of aliphatic hydroxyl groups is 1. The summed E-state index contributed by atoms with van der Waals surface area (Å²) in [4.78, 5) is 4.33. The smallest absolute Gasteiger partial charge is 0.0900 e. The molecule has 0 aliphatic carbocycles. The number of methoxy groups -OCH3 is 1. The second kappa shape index (κ2) is 6.75. The number of aliphatic hydroxyl groups excluding tert-OH is 1. The molecule has 1 rings (SSSR count). The molecule has 1 atom stereocenters. The Morgan fingerprint density at radius 3 is 2.47 bits per heavy atom. The Bertz CT molecular complexity index is 209. The van der Waals surface area contributed by atoms with E-state index < -0.39 is 6.10 Å². The van der Waals surface area contributed by atoms with Crippen LogP contribution >= 0.6 is 0 Å².